The minimum atomic E-state index is -0.261. The third-order valence-corrected chi connectivity index (χ3v) is 6.74. The molecule has 4 rings (SSSR count). The topological polar surface area (TPSA) is 67.7 Å². The number of carbonyl (C=O) groups is 1. The second-order valence-electron chi connectivity index (χ2n) is 7.43. The molecule has 0 unspecified atom stereocenters. The fourth-order valence-corrected chi connectivity index (χ4v) is 4.90. The molecule has 9 heteroatoms. The summed E-state index contributed by atoms with van der Waals surface area (Å²) in [6.07, 6.45) is 1.52. The Morgan fingerprint density at radius 1 is 1.19 bits per heavy atom. The van der Waals surface area contributed by atoms with Crippen LogP contribution in [0.2, 0.25) is 0 Å². The molecule has 0 radical (unpaired) electrons. The molecule has 1 saturated heterocycles. The molecule has 2 aromatic heterocycles. The third kappa shape index (κ3) is 4.33. The van der Waals surface area contributed by atoms with Gasteiger partial charge in [0.2, 0.25) is 0 Å². The van der Waals surface area contributed by atoms with Gasteiger partial charge in [-0.2, -0.15) is 0 Å². The molecule has 1 aromatic carbocycles. The molecule has 0 saturated carbocycles. The standard InChI is InChI=1S/C22H25FN4O3S/c1-3-30-13-12-27-14-24-20-18(21(27)28)15(2)19(31-20)22(29)26-10-8-25(9-11-26)17-6-4-16(23)5-7-17/h4-7,14H,3,8-13H2,1-2H3. The van der Waals surface area contributed by atoms with Gasteiger partial charge < -0.3 is 14.5 Å². The summed E-state index contributed by atoms with van der Waals surface area (Å²) in [5.41, 5.74) is 1.50. The molecule has 0 spiro atoms. The summed E-state index contributed by atoms with van der Waals surface area (Å²) in [5.74, 6) is -0.331. The molecule has 0 aliphatic carbocycles. The van der Waals surface area contributed by atoms with E-state index in [0.717, 1.165) is 5.69 Å². The molecule has 1 aliphatic rings. The first-order chi connectivity index (χ1) is 15.0. The Hall–Kier alpha value is -2.78. The Kier molecular flexibility index (Phi) is 6.33. The Labute approximate surface area is 183 Å². The molecule has 3 aromatic rings. The number of amides is 1. The van der Waals surface area contributed by atoms with Crippen molar-refractivity contribution in [1.29, 1.82) is 0 Å². The first-order valence-corrected chi connectivity index (χ1v) is 11.2. The number of carbonyl (C=O) groups excluding carboxylic acids is 1. The number of thiophene rings is 1. The number of hydrogen-bond donors (Lipinski definition) is 0. The Bertz CT molecular complexity index is 1130. The highest BCUT2D eigenvalue weighted by molar-refractivity contribution is 7.20. The maximum Gasteiger partial charge on any atom is 0.264 e. The molecule has 0 N–H and O–H groups in total. The second-order valence-corrected chi connectivity index (χ2v) is 8.43. The summed E-state index contributed by atoms with van der Waals surface area (Å²) in [5, 5.41) is 0.511. The summed E-state index contributed by atoms with van der Waals surface area (Å²) < 4.78 is 20.0. The van der Waals surface area contributed by atoms with Crippen molar-refractivity contribution >= 4 is 33.1 Å². The normalized spacial score (nSPS) is 14.4. The monoisotopic (exact) mass is 444 g/mol. The lowest BCUT2D eigenvalue weighted by Crippen LogP contribution is -2.48. The molecule has 164 valence electrons. The third-order valence-electron chi connectivity index (χ3n) is 5.55. The van der Waals surface area contributed by atoms with Crippen LogP contribution >= 0.6 is 11.3 Å². The number of anilines is 1. The molecule has 1 aliphatic heterocycles. The van der Waals surface area contributed by atoms with Crippen molar-refractivity contribution in [3.8, 4) is 0 Å². The van der Waals surface area contributed by atoms with Gasteiger partial charge in [-0.15, -0.1) is 11.3 Å². The van der Waals surface area contributed by atoms with Crippen molar-refractivity contribution < 1.29 is 13.9 Å². The molecular formula is C22H25FN4O3S. The quantitative estimate of drug-likeness (QED) is 0.547. The second kappa shape index (κ2) is 9.15. The lowest BCUT2D eigenvalue weighted by molar-refractivity contribution is 0.0751. The summed E-state index contributed by atoms with van der Waals surface area (Å²) in [6.45, 7) is 7.66. The van der Waals surface area contributed by atoms with Crippen LogP contribution in [-0.2, 0) is 11.3 Å². The predicted molar refractivity (Wildman–Crippen MR) is 120 cm³/mol. The molecule has 3 heterocycles. The Morgan fingerprint density at radius 2 is 1.90 bits per heavy atom. The van der Waals surface area contributed by atoms with Crippen LogP contribution in [-0.4, -0.2) is 59.8 Å². The first-order valence-electron chi connectivity index (χ1n) is 10.4. The number of aromatic nitrogens is 2. The minimum absolute atomic E-state index is 0.0699. The van der Waals surface area contributed by atoms with Crippen molar-refractivity contribution in [3.05, 3.63) is 57.2 Å². The van der Waals surface area contributed by atoms with Crippen molar-refractivity contribution in [2.75, 3.05) is 44.3 Å². The van der Waals surface area contributed by atoms with E-state index in [0.29, 0.717) is 66.6 Å². The van der Waals surface area contributed by atoms with Crippen LogP contribution in [0, 0.1) is 12.7 Å². The van der Waals surface area contributed by atoms with Crippen LogP contribution in [0.15, 0.2) is 35.4 Å². The van der Waals surface area contributed by atoms with E-state index in [-0.39, 0.29) is 17.3 Å². The van der Waals surface area contributed by atoms with Crippen molar-refractivity contribution in [2.24, 2.45) is 0 Å². The smallest absolute Gasteiger partial charge is 0.264 e. The number of ether oxygens (including phenoxy) is 1. The largest absolute Gasteiger partial charge is 0.380 e. The van der Waals surface area contributed by atoms with Crippen LogP contribution in [0.1, 0.15) is 22.2 Å². The fourth-order valence-electron chi connectivity index (χ4n) is 3.79. The van der Waals surface area contributed by atoms with Crippen molar-refractivity contribution in [1.82, 2.24) is 14.5 Å². The summed E-state index contributed by atoms with van der Waals surface area (Å²) in [4.78, 5) is 35.6. The maximum absolute atomic E-state index is 13.2. The van der Waals surface area contributed by atoms with E-state index < -0.39 is 0 Å². The van der Waals surface area contributed by atoms with Crippen molar-refractivity contribution in [3.63, 3.8) is 0 Å². The van der Waals surface area contributed by atoms with Crippen molar-refractivity contribution in [2.45, 2.75) is 20.4 Å². The van der Waals surface area contributed by atoms with Gasteiger partial charge in [-0.1, -0.05) is 0 Å². The van der Waals surface area contributed by atoms with E-state index in [1.807, 2.05) is 18.7 Å². The summed E-state index contributed by atoms with van der Waals surface area (Å²) in [6, 6.07) is 6.40. The average Bonchev–Trinajstić information content (AvgIpc) is 3.13. The van der Waals surface area contributed by atoms with E-state index in [2.05, 4.69) is 9.88 Å². The molecule has 1 fully saturated rings. The van der Waals surface area contributed by atoms with Gasteiger partial charge in [0, 0.05) is 38.5 Å². The van der Waals surface area contributed by atoms with Crippen LogP contribution in [0.4, 0.5) is 10.1 Å². The first kappa shape index (κ1) is 21.5. The van der Waals surface area contributed by atoms with E-state index in [9.17, 15) is 14.0 Å². The van der Waals surface area contributed by atoms with E-state index >= 15 is 0 Å². The number of benzene rings is 1. The molecule has 0 atom stereocenters. The number of halogens is 1. The van der Waals surface area contributed by atoms with Gasteiger partial charge in [0.05, 0.1) is 29.7 Å². The van der Waals surface area contributed by atoms with Gasteiger partial charge in [0.1, 0.15) is 10.6 Å². The molecule has 31 heavy (non-hydrogen) atoms. The molecule has 0 bridgehead atoms. The zero-order chi connectivity index (χ0) is 22.0. The van der Waals surface area contributed by atoms with Crippen LogP contribution in [0.5, 0.6) is 0 Å². The van der Waals surface area contributed by atoms with E-state index in [4.69, 9.17) is 4.74 Å². The number of piperazine rings is 1. The van der Waals surface area contributed by atoms with E-state index in [1.165, 1.54) is 34.4 Å². The predicted octanol–water partition coefficient (Wildman–Crippen LogP) is 2.90. The number of hydrogen-bond acceptors (Lipinski definition) is 6. The zero-order valence-electron chi connectivity index (χ0n) is 17.6. The number of nitrogens with zero attached hydrogens (tertiary/aromatic N) is 4. The van der Waals surface area contributed by atoms with Crippen LogP contribution < -0.4 is 10.5 Å². The van der Waals surface area contributed by atoms with E-state index in [1.54, 1.807) is 12.1 Å². The van der Waals surface area contributed by atoms with Crippen LogP contribution in [0.3, 0.4) is 0 Å². The van der Waals surface area contributed by atoms with Gasteiger partial charge in [0.15, 0.2) is 0 Å². The lowest BCUT2D eigenvalue weighted by atomic mass is 10.2. The Balaban J connectivity index is 1.50. The minimum Gasteiger partial charge on any atom is -0.380 e. The highest BCUT2D eigenvalue weighted by atomic mass is 32.1. The SMILES string of the molecule is CCOCCn1cnc2sc(C(=O)N3CCN(c4ccc(F)cc4)CC3)c(C)c2c1=O. The molecular weight excluding hydrogens is 419 g/mol. The molecule has 7 nitrogen and oxygen atoms in total. The van der Waals surface area contributed by atoms with Gasteiger partial charge in [-0.3, -0.25) is 14.2 Å². The highest BCUT2D eigenvalue weighted by Gasteiger charge is 2.26. The highest BCUT2D eigenvalue weighted by Crippen LogP contribution is 2.28. The number of rotatable bonds is 6. The number of fused-ring (bicyclic) bond motifs is 1. The Morgan fingerprint density at radius 3 is 2.58 bits per heavy atom. The number of aryl methyl sites for hydroxylation is 1. The van der Waals surface area contributed by atoms with Gasteiger partial charge in [-0.25, -0.2) is 9.37 Å². The summed E-state index contributed by atoms with van der Waals surface area (Å²) in [7, 11) is 0. The van der Waals surface area contributed by atoms with Gasteiger partial charge in [-0.05, 0) is 43.7 Å². The molecule has 1 amide bonds. The van der Waals surface area contributed by atoms with Gasteiger partial charge in [0.25, 0.3) is 11.5 Å². The maximum atomic E-state index is 13.2. The van der Waals surface area contributed by atoms with Gasteiger partial charge >= 0.3 is 0 Å². The average molecular weight is 445 g/mol. The lowest BCUT2D eigenvalue weighted by Gasteiger charge is -2.36. The zero-order valence-corrected chi connectivity index (χ0v) is 18.5. The summed E-state index contributed by atoms with van der Waals surface area (Å²) >= 11 is 1.27. The fraction of sp³-hybridized carbons (Fsp3) is 0.409. The van der Waals surface area contributed by atoms with Crippen LogP contribution in [0.25, 0.3) is 10.2 Å².